The number of rotatable bonds is 11. The summed E-state index contributed by atoms with van der Waals surface area (Å²) in [5.74, 6) is -27.4. The number of aliphatic hydroxyl groups is 4. The van der Waals surface area contributed by atoms with Crippen molar-refractivity contribution in [1.82, 2.24) is 0 Å². The van der Waals surface area contributed by atoms with Crippen LogP contribution in [-0.2, 0) is 24.3 Å². The quantitative estimate of drug-likeness (QED) is 0.0449. The fourth-order valence-electron chi connectivity index (χ4n) is 4.22. The van der Waals surface area contributed by atoms with Gasteiger partial charge in [0.15, 0.2) is 23.0 Å². The molecule has 18 nitrogen and oxygen atoms in total. The molecule has 10 N–H and O–H groups in total. The van der Waals surface area contributed by atoms with Gasteiger partial charge in [-0.15, -0.1) is 4.89 Å². The van der Waals surface area contributed by atoms with Crippen LogP contribution < -0.4 is 9.62 Å². The molecular weight excluding hydrogens is 588 g/mol. The van der Waals surface area contributed by atoms with Gasteiger partial charge in [-0.25, -0.2) is 15.8 Å². The van der Waals surface area contributed by atoms with Crippen molar-refractivity contribution in [2.45, 2.75) is 28.9 Å². The van der Waals surface area contributed by atoms with E-state index in [0.717, 1.165) is 0 Å². The van der Waals surface area contributed by atoms with Gasteiger partial charge >= 0.3 is 28.9 Å². The first kappa shape index (κ1) is 31.8. The lowest BCUT2D eigenvalue weighted by molar-refractivity contribution is -0.687. The lowest BCUT2D eigenvalue weighted by atomic mass is 9.78. The van der Waals surface area contributed by atoms with Crippen LogP contribution in [-0.4, -0.2) is 92.8 Å². The molecule has 1 saturated heterocycles. The minimum absolute atomic E-state index is 0.252. The highest BCUT2D eigenvalue weighted by atomic mass is 17.3. The van der Waals surface area contributed by atoms with Crippen LogP contribution in [0.2, 0.25) is 0 Å². The minimum Gasteiger partial charge on any atom is -0.504 e. The van der Waals surface area contributed by atoms with Crippen LogP contribution in [0.5, 0.6) is 28.7 Å². The largest absolute Gasteiger partial charge is 0.504 e. The number of aliphatic hydroxyl groups excluding tert-OH is 1. The van der Waals surface area contributed by atoms with Crippen molar-refractivity contribution in [3.63, 3.8) is 0 Å². The van der Waals surface area contributed by atoms with E-state index in [-0.39, 0.29) is 11.5 Å². The van der Waals surface area contributed by atoms with Crippen molar-refractivity contribution < 1.29 is 90.2 Å². The number of carbonyl (C=O) groups excluding carboxylic acids is 1. The number of aromatic hydroxyl groups is 3. The van der Waals surface area contributed by atoms with Crippen molar-refractivity contribution in [3.05, 3.63) is 78.4 Å². The predicted octanol–water partition coefficient (Wildman–Crippen LogP) is 0.0254. The number of ketones is 1. The Kier molecular flexibility index (Phi) is 8.50. The summed E-state index contributed by atoms with van der Waals surface area (Å²) in [5.41, 5.74) is -1.05. The van der Waals surface area contributed by atoms with E-state index in [9.17, 15) is 56.3 Å². The summed E-state index contributed by atoms with van der Waals surface area (Å²) in [7, 11) is 0. The monoisotopic (exact) mass is 612 g/mol. The molecule has 0 aromatic heterocycles. The Morgan fingerprint density at radius 3 is 1.70 bits per heavy atom. The zero-order valence-corrected chi connectivity index (χ0v) is 21.4. The Hall–Kier alpha value is -4.15. The van der Waals surface area contributed by atoms with Gasteiger partial charge < -0.3 is 45.4 Å². The molecule has 0 radical (unpaired) electrons. The van der Waals surface area contributed by atoms with Crippen LogP contribution in [0.3, 0.4) is 0 Å². The second-order valence-electron chi connectivity index (χ2n) is 8.92. The number of hydrogen-bond donors (Lipinski definition) is 10. The first-order valence-electron chi connectivity index (χ1n) is 11.7. The van der Waals surface area contributed by atoms with Gasteiger partial charge in [0.2, 0.25) is 5.78 Å². The Labute approximate surface area is 239 Å². The number of benzene rings is 3. The van der Waals surface area contributed by atoms with E-state index in [1.165, 1.54) is 60.7 Å². The number of Topliss-reactive ketones (excluding diaryl/α,β-unsaturated/α-hetero) is 1. The molecule has 5 unspecified atom stereocenters. The van der Waals surface area contributed by atoms with E-state index in [0.29, 0.717) is 12.1 Å². The minimum atomic E-state index is -4.60. The highest BCUT2D eigenvalue weighted by Gasteiger charge is 2.92. The molecule has 43 heavy (non-hydrogen) atoms. The number of carbonyl (C=O) groups is 1. The molecule has 0 amide bonds. The van der Waals surface area contributed by atoms with Gasteiger partial charge in [0, 0.05) is 5.56 Å². The van der Waals surface area contributed by atoms with E-state index in [1.54, 1.807) is 0 Å². The fourth-order valence-corrected chi connectivity index (χ4v) is 4.22. The van der Waals surface area contributed by atoms with Gasteiger partial charge in [-0.2, -0.15) is 14.7 Å². The third-order valence-corrected chi connectivity index (χ3v) is 6.45. The van der Waals surface area contributed by atoms with Crippen molar-refractivity contribution in [3.8, 4) is 28.7 Å². The van der Waals surface area contributed by atoms with Gasteiger partial charge in [-0.1, -0.05) is 36.4 Å². The van der Waals surface area contributed by atoms with E-state index >= 15 is 0 Å². The first-order chi connectivity index (χ1) is 20.3. The van der Waals surface area contributed by atoms with Crippen LogP contribution >= 0.6 is 0 Å². The van der Waals surface area contributed by atoms with Gasteiger partial charge in [-0.3, -0.25) is 9.53 Å². The van der Waals surface area contributed by atoms with E-state index < -0.39 is 64.1 Å². The smallest absolute Gasteiger partial charge is 0.342 e. The fraction of sp³-hybridized carbons (Fsp3) is 0.240. The maximum absolute atomic E-state index is 13.8. The molecule has 4 rings (SSSR count). The second kappa shape index (κ2) is 11.5. The summed E-state index contributed by atoms with van der Waals surface area (Å²) in [6, 6.07) is 14.2. The molecule has 3 aromatic carbocycles. The molecule has 1 heterocycles. The van der Waals surface area contributed by atoms with Crippen LogP contribution in [0.1, 0.15) is 10.4 Å². The summed E-state index contributed by atoms with van der Waals surface area (Å²) < 4.78 is 10.9. The molecule has 0 spiro atoms. The maximum atomic E-state index is 13.8. The van der Waals surface area contributed by atoms with Gasteiger partial charge in [0.05, 0.1) is 0 Å². The van der Waals surface area contributed by atoms with E-state index in [2.05, 4.69) is 14.7 Å². The average Bonchev–Trinajstić information content (AvgIpc) is 3.03. The van der Waals surface area contributed by atoms with Crippen molar-refractivity contribution in [1.29, 1.82) is 0 Å². The molecule has 1 fully saturated rings. The normalized spacial score (nSPS) is 30.5. The van der Waals surface area contributed by atoms with Crippen molar-refractivity contribution in [2.75, 3.05) is 6.61 Å². The topological polar surface area (TPSA) is 284 Å². The highest BCUT2D eigenvalue weighted by molar-refractivity contribution is 6.03. The van der Waals surface area contributed by atoms with Crippen LogP contribution in [0.25, 0.3) is 0 Å². The predicted molar refractivity (Wildman–Crippen MR) is 131 cm³/mol. The van der Waals surface area contributed by atoms with E-state index in [1.807, 2.05) is 0 Å². The van der Waals surface area contributed by atoms with Crippen LogP contribution in [0.4, 0.5) is 0 Å². The third-order valence-electron chi connectivity index (χ3n) is 6.45. The number of phenolic OH excluding ortho intramolecular Hbond substituents is 3. The molecule has 0 aliphatic carbocycles. The standard InChI is InChI=1S/C25H24O18/c26-13-21(37-15-7-3-1-4-8-15)23(31,43-38-16-9-5-2-6-10-16)25(33,42-36)24(32,41-35)22(39-21,40-34)20(30)14-11-17(27)19(29)18(28)12-14/h1-12,26-29,31-36H,13H2. The summed E-state index contributed by atoms with van der Waals surface area (Å²) >= 11 is 0. The number of ether oxygens (including phenoxy) is 2. The Balaban J connectivity index is 2.02. The van der Waals surface area contributed by atoms with Crippen LogP contribution in [0, 0.1) is 0 Å². The zero-order chi connectivity index (χ0) is 31.7. The lowest BCUT2D eigenvalue weighted by Crippen LogP contribution is -2.92. The maximum Gasteiger partial charge on any atom is 0.342 e. The zero-order valence-electron chi connectivity index (χ0n) is 21.4. The van der Waals surface area contributed by atoms with Gasteiger partial charge in [-0.05, 0) is 36.4 Å². The van der Waals surface area contributed by atoms with Gasteiger partial charge in [0.25, 0.3) is 0 Å². The molecule has 1 aliphatic heterocycles. The number of para-hydroxylation sites is 2. The Morgan fingerprint density at radius 2 is 1.23 bits per heavy atom. The summed E-state index contributed by atoms with van der Waals surface area (Å²) in [5, 5.41) is 105. The SMILES string of the molecule is O=C(c1cc(O)c(O)c(O)c1)C1(OO)OC(CO)(Oc2ccccc2)C(O)(OOc2ccccc2)C(O)(OO)C1(O)OO. The molecule has 0 bridgehead atoms. The third kappa shape index (κ3) is 4.60. The first-order valence-corrected chi connectivity index (χ1v) is 11.7. The number of hydrogen-bond acceptors (Lipinski definition) is 18. The van der Waals surface area contributed by atoms with Crippen LogP contribution in [0.15, 0.2) is 72.8 Å². The van der Waals surface area contributed by atoms with Crippen molar-refractivity contribution >= 4 is 5.78 Å². The van der Waals surface area contributed by atoms with Crippen molar-refractivity contribution in [2.24, 2.45) is 0 Å². The summed E-state index contributed by atoms with van der Waals surface area (Å²) in [6.07, 6.45) is 0. The molecule has 3 aromatic rings. The molecule has 232 valence electrons. The summed E-state index contributed by atoms with van der Waals surface area (Å²) in [6.45, 7) is -1.77. The molecule has 0 saturated carbocycles. The number of phenols is 3. The molecule has 18 heteroatoms. The Bertz CT molecular complexity index is 1420. The van der Waals surface area contributed by atoms with Gasteiger partial charge in [0.1, 0.15) is 12.4 Å². The molecular formula is C25H24O18. The lowest BCUT2D eigenvalue weighted by Gasteiger charge is -2.60. The van der Waals surface area contributed by atoms with E-state index in [4.69, 9.17) is 19.2 Å². The Morgan fingerprint density at radius 1 is 0.721 bits per heavy atom. The molecule has 1 aliphatic rings. The molecule has 5 atom stereocenters. The summed E-state index contributed by atoms with van der Waals surface area (Å²) in [4.78, 5) is 35.5. The average molecular weight is 612 g/mol. The second-order valence-corrected chi connectivity index (χ2v) is 8.92. The highest BCUT2D eigenvalue weighted by Crippen LogP contribution is 2.57.